The van der Waals surface area contributed by atoms with Gasteiger partial charge in [-0.1, -0.05) is 0 Å². The number of nitrogens with zero attached hydrogens (tertiary/aromatic N) is 2. The van der Waals surface area contributed by atoms with Crippen molar-refractivity contribution >= 4 is 0 Å². The molecular formula is C15H16FN3. The number of hydrogen-bond acceptors (Lipinski definition) is 3. The molecule has 1 fully saturated rings. The molecular weight excluding hydrogens is 241 g/mol. The van der Waals surface area contributed by atoms with Gasteiger partial charge in [0, 0.05) is 30.4 Å². The first-order valence-corrected chi connectivity index (χ1v) is 6.62. The molecule has 1 aliphatic rings. The summed E-state index contributed by atoms with van der Waals surface area (Å²) in [6, 6.07) is 6.46. The maximum Gasteiger partial charge on any atom is 0.123 e. The van der Waals surface area contributed by atoms with Crippen LogP contribution in [0.4, 0.5) is 4.39 Å². The Kier molecular flexibility index (Phi) is 3.51. The SMILES string of the molecule is Fc1ccc(-c2nccnc2[C@H]2CCCNC2)cc1. The average molecular weight is 257 g/mol. The van der Waals surface area contributed by atoms with Crippen molar-refractivity contribution in [2.24, 2.45) is 0 Å². The first-order valence-electron chi connectivity index (χ1n) is 6.62. The monoisotopic (exact) mass is 257 g/mol. The molecule has 2 aromatic rings. The van der Waals surface area contributed by atoms with E-state index in [1.165, 1.54) is 12.1 Å². The zero-order chi connectivity index (χ0) is 13.1. The van der Waals surface area contributed by atoms with Gasteiger partial charge in [-0.2, -0.15) is 0 Å². The second-order valence-corrected chi connectivity index (χ2v) is 4.84. The van der Waals surface area contributed by atoms with Gasteiger partial charge in [0.15, 0.2) is 0 Å². The van der Waals surface area contributed by atoms with E-state index in [1.54, 1.807) is 24.5 Å². The fourth-order valence-electron chi connectivity index (χ4n) is 2.56. The van der Waals surface area contributed by atoms with Crippen LogP contribution in [0.3, 0.4) is 0 Å². The molecule has 0 radical (unpaired) electrons. The number of piperidine rings is 1. The molecule has 0 unspecified atom stereocenters. The Labute approximate surface area is 111 Å². The number of benzene rings is 1. The van der Waals surface area contributed by atoms with Gasteiger partial charge in [0.2, 0.25) is 0 Å². The van der Waals surface area contributed by atoms with Crippen molar-refractivity contribution in [3.05, 3.63) is 48.2 Å². The lowest BCUT2D eigenvalue weighted by atomic mass is 9.92. The van der Waals surface area contributed by atoms with Gasteiger partial charge in [0.1, 0.15) is 5.82 Å². The summed E-state index contributed by atoms with van der Waals surface area (Å²) >= 11 is 0. The third-order valence-corrected chi connectivity index (χ3v) is 3.53. The second kappa shape index (κ2) is 5.45. The lowest BCUT2D eigenvalue weighted by Gasteiger charge is -2.23. The van der Waals surface area contributed by atoms with Gasteiger partial charge in [-0.05, 0) is 43.7 Å². The zero-order valence-electron chi connectivity index (χ0n) is 10.6. The maximum atomic E-state index is 13.0. The fourth-order valence-corrected chi connectivity index (χ4v) is 2.56. The van der Waals surface area contributed by atoms with Crippen LogP contribution < -0.4 is 5.32 Å². The minimum absolute atomic E-state index is 0.228. The Hall–Kier alpha value is -1.81. The van der Waals surface area contributed by atoms with Crippen LogP contribution in [0.25, 0.3) is 11.3 Å². The summed E-state index contributed by atoms with van der Waals surface area (Å²) in [5.74, 6) is 0.163. The quantitative estimate of drug-likeness (QED) is 0.899. The van der Waals surface area contributed by atoms with Crippen molar-refractivity contribution in [3.8, 4) is 11.3 Å². The molecule has 2 heterocycles. The summed E-state index contributed by atoms with van der Waals surface area (Å²) in [6.45, 7) is 2.01. The number of halogens is 1. The second-order valence-electron chi connectivity index (χ2n) is 4.84. The van der Waals surface area contributed by atoms with Gasteiger partial charge in [-0.3, -0.25) is 9.97 Å². The molecule has 1 aliphatic heterocycles. The summed E-state index contributed by atoms with van der Waals surface area (Å²) in [7, 11) is 0. The van der Waals surface area contributed by atoms with Crippen LogP contribution in [0.1, 0.15) is 24.5 Å². The first-order chi connectivity index (χ1) is 9.34. The van der Waals surface area contributed by atoms with Gasteiger partial charge in [-0.15, -0.1) is 0 Å². The standard InChI is InChI=1S/C15H16FN3/c16-13-5-3-11(4-6-13)14-15(19-9-8-18-14)12-2-1-7-17-10-12/h3-6,8-9,12,17H,1-2,7,10H2/t12-/m0/s1. The maximum absolute atomic E-state index is 13.0. The molecule has 1 aromatic heterocycles. The normalized spacial score (nSPS) is 19.3. The fraction of sp³-hybridized carbons (Fsp3) is 0.333. The van der Waals surface area contributed by atoms with E-state index in [2.05, 4.69) is 15.3 Å². The molecule has 0 aliphatic carbocycles. The highest BCUT2D eigenvalue weighted by atomic mass is 19.1. The van der Waals surface area contributed by atoms with Crippen molar-refractivity contribution in [3.63, 3.8) is 0 Å². The Morgan fingerprint density at radius 1 is 1.11 bits per heavy atom. The highest BCUT2D eigenvalue weighted by Gasteiger charge is 2.20. The van der Waals surface area contributed by atoms with Crippen LogP contribution in [0.2, 0.25) is 0 Å². The van der Waals surface area contributed by atoms with Gasteiger partial charge in [0.05, 0.1) is 11.4 Å². The molecule has 1 aromatic carbocycles. The number of rotatable bonds is 2. The van der Waals surface area contributed by atoms with E-state index in [0.717, 1.165) is 42.9 Å². The van der Waals surface area contributed by atoms with Crippen LogP contribution in [-0.2, 0) is 0 Å². The van der Waals surface area contributed by atoms with Crippen LogP contribution in [0.5, 0.6) is 0 Å². The molecule has 1 saturated heterocycles. The lowest BCUT2D eigenvalue weighted by molar-refractivity contribution is 0.454. The predicted molar refractivity (Wildman–Crippen MR) is 72.3 cm³/mol. The van der Waals surface area contributed by atoms with Crippen LogP contribution in [0, 0.1) is 5.82 Å². The van der Waals surface area contributed by atoms with Crippen LogP contribution >= 0.6 is 0 Å². The van der Waals surface area contributed by atoms with E-state index in [-0.39, 0.29) is 5.82 Å². The lowest BCUT2D eigenvalue weighted by Crippen LogP contribution is -2.29. The third kappa shape index (κ3) is 2.63. The molecule has 0 amide bonds. The van der Waals surface area contributed by atoms with Crippen LogP contribution in [0.15, 0.2) is 36.7 Å². The summed E-state index contributed by atoms with van der Waals surface area (Å²) < 4.78 is 13.0. The van der Waals surface area contributed by atoms with E-state index < -0.39 is 0 Å². The Morgan fingerprint density at radius 3 is 2.63 bits per heavy atom. The number of nitrogens with one attached hydrogen (secondary N) is 1. The molecule has 0 saturated carbocycles. The molecule has 19 heavy (non-hydrogen) atoms. The molecule has 0 spiro atoms. The topological polar surface area (TPSA) is 37.8 Å². The highest BCUT2D eigenvalue weighted by molar-refractivity contribution is 5.62. The highest BCUT2D eigenvalue weighted by Crippen LogP contribution is 2.29. The Bertz CT molecular complexity index is 548. The van der Waals surface area contributed by atoms with Crippen molar-refractivity contribution in [2.45, 2.75) is 18.8 Å². The van der Waals surface area contributed by atoms with Crippen molar-refractivity contribution in [1.29, 1.82) is 0 Å². The molecule has 1 atom stereocenters. The summed E-state index contributed by atoms with van der Waals surface area (Å²) in [5.41, 5.74) is 2.81. The van der Waals surface area contributed by atoms with Crippen molar-refractivity contribution in [1.82, 2.24) is 15.3 Å². The van der Waals surface area contributed by atoms with Crippen molar-refractivity contribution in [2.75, 3.05) is 13.1 Å². The Balaban J connectivity index is 1.98. The minimum Gasteiger partial charge on any atom is -0.316 e. The Morgan fingerprint density at radius 2 is 1.89 bits per heavy atom. The van der Waals surface area contributed by atoms with E-state index in [4.69, 9.17) is 0 Å². The van der Waals surface area contributed by atoms with Gasteiger partial charge in [-0.25, -0.2) is 4.39 Å². The molecule has 1 N–H and O–H groups in total. The van der Waals surface area contributed by atoms with Gasteiger partial charge in [0.25, 0.3) is 0 Å². The van der Waals surface area contributed by atoms with E-state index in [1.807, 2.05) is 0 Å². The van der Waals surface area contributed by atoms with E-state index in [0.29, 0.717) is 5.92 Å². The summed E-state index contributed by atoms with van der Waals surface area (Å²) in [5, 5.41) is 3.39. The number of aromatic nitrogens is 2. The van der Waals surface area contributed by atoms with E-state index >= 15 is 0 Å². The summed E-state index contributed by atoms with van der Waals surface area (Å²) in [4.78, 5) is 8.95. The van der Waals surface area contributed by atoms with E-state index in [9.17, 15) is 4.39 Å². The largest absolute Gasteiger partial charge is 0.316 e. The minimum atomic E-state index is -0.228. The van der Waals surface area contributed by atoms with Gasteiger partial charge < -0.3 is 5.32 Å². The summed E-state index contributed by atoms with van der Waals surface area (Å²) in [6.07, 6.45) is 5.71. The molecule has 3 rings (SSSR count). The van der Waals surface area contributed by atoms with Crippen LogP contribution in [-0.4, -0.2) is 23.1 Å². The molecule has 0 bridgehead atoms. The molecule has 3 nitrogen and oxygen atoms in total. The zero-order valence-corrected chi connectivity index (χ0v) is 10.6. The predicted octanol–water partition coefficient (Wildman–Crippen LogP) is 2.75. The molecule has 4 heteroatoms. The first kappa shape index (κ1) is 12.2. The van der Waals surface area contributed by atoms with Crippen molar-refractivity contribution < 1.29 is 4.39 Å². The number of hydrogen-bond donors (Lipinski definition) is 1. The molecule has 98 valence electrons. The average Bonchev–Trinajstić information content (AvgIpc) is 2.49. The van der Waals surface area contributed by atoms with Gasteiger partial charge >= 0.3 is 0 Å². The smallest absolute Gasteiger partial charge is 0.123 e. The third-order valence-electron chi connectivity index (χ3n) is 3.53.